The number of aryl methyl sites for hydroxylation is 1. The molecule has 146 valence electrons. The fraction of sp³-hybridized carbons (Fsp3) is 0.333. The second-order valence-electron chi connectivity index (χ2n) is 7.89. The number of carbonyl (C=O) groups excluding carboxylic acids is 1. The molecule has 1 amide bonds. The van der Waals surface area contributed by atoms with Gasteiger partial charge in [-0.1, -0.05) is 45.0 Å². The molecule has 3 aromatic rings. The SMILES string of the molecule is Cc1ccn2ncc(C(=O)NC(CC(=O)O)c3ccc(C(C)(C)C)cc3)c2n1. The van der Waals surface area contributed by atoms with Crippen molar-refractivity contribution >= 4 is 17.5 Å². The van der Waals surface area contributed by atoms with Crippen molar-refractivity contribution in [3.05, 3.63) is 65.1 Å². The lowest BCUT2D eigenvalue weighted by molar-refractivity contribution is -0.137. The summed E-state index contributed by atoms with van der Waals surface area (Å²) in [6, 6.07) is 8.82. The fourth-order valence-electron chi connectivity index (χ4n) is 3.00. The second kappa shape index (κ2) is 7.42. The zero-order valence-corrected chi connectivity index (χ0v) is 16.4. The molecule has 0 aliphatic carbocycles. The van der Waals surface area contributed by atoms with Crippen LogP contribution in [0, 0.1) is 6.92 Å². The minimum Gasteiger partial charge on any atom is -0.481 e. The van der Waals surface area contributed by atoms with Gasteiger partial charge in [0.1, 0.15) is 5.56 Å². The summed E-state index contributed by atoms with van der Waals surface area (Å²) in [5.41, 5.74) is 3.38. The number of aliphatic carboxylic acids is 1. The van der Waals surface area contributed by atoms with Gasteiger partial charge in [-0.05, 0) is 29.5 Å². The van der Waals surface area contributed by atoms with Crippen LogP contribution in [0.1, 0.15) is 60.4 Å². The Morgan fingerprint density at radius 2 is 1.86 bits per heavy atom. The number of nitrogens with one attached hydrogen (secondary N) is 1. The van der Waals surface area contributed by atoms with Crippen LogP contribution < -0.4 is 5.32 Å². The van der Waals surface area contributed by atoms with Crippen LogP contribution in [0.2, 0.25) is 0 Å². The molecule has 0 radical (unpaired) electrons. The van der Waals surface area contributed by atoms with Crippen molar-refractivity contribution in [2.45, 2.75) is 45.6 Å². The highest BCUT2D eigenvalue weighted by Gasteiger charge is 2.22. The van der Waals surface area contributed by atoms with Crippen LogP contribution in [-0.4, -0.2) is 31.6 Å². The third-order valence-electron chi connectivity index (χ3n) is 4.62. The summed E-state index contributed by atoms with van der Waals surface area (Å²) in [4.78, 5) is 28.5. The van der Waals surface area contributed by atoms with Gasteiger partial charge in [-0.2, -0.15) is 5.10 Å². The molecule has 2 N–H and O–H groups in total. The highest BCUT2D eigenvalue weighted by atomic mass is 16.4. The predicted molar refractivity (Wildman–Crippen MR) is 105 cm³/mol. The van der Waals surface area contributed by atoms with E-state index >= 15 is 0 Å². The zero-order valence-electron chi connectivity index (χ0n) is 16.4. The van der Waals surface area contributed by atoms with Gasteiger partial charge in [0.2, 0.25) is 0 Å². The molecule has 0 spiro atoms. The van der Waals surface area contributed by atoms with Gasteiger partial charge in [-0.25, -0.2) is 9.50 Å². The summed E-state index contributed by atoms with van der Waals surface area (Å²) < 4.78 is 1.52. The van der Waals surface area contributed by atoms with E-state index in [1.165, 1.54) is 10.7 Å². The molecule has 7 nitrogen and oxygen atoms in total. The molecule has 1 aromatic carbocycles. The van der Waals surface area contributed by atoms with E-state index in [9.17, 15) is 14.7 Å². The van der Waals surface area contributed by atoms with Crippen LogP contribution in [0.25, 0.3) is 5.65 Å². The molecular weight excluding hydrogens is 356 g/mol. The van der Waals surface area contributed by atoms with E-state index in [2.05, 4.69) is 36.2 Å². The van der Waals surface area contributed by atoms with Gasteiger partial charge in [0.15, 0.2) is 5.65 Å². The van der Waals surface area contributed by atoms with Gasteiger partial charge in [0, 0.05) is 11.9 Å². The van der Waals surface area contributed by atoms with Crippen LogP contribution in [0.15, 0.2) is 42.7 Å². The topological polar surface area (TPSA) is 96.6 Å². The standard InChI is InChI=1S/C21H24N4O3/c1-13-9-10-25-19(23-13)16(12-22-25)20(28)24-17(11-18(26)27)14-5-7-15(8-6-14)21(2,3)4/h5-10,12,17H,11H2,1-4H3,(H,24,28)(H,26,27). The van der Waals surface area contributed by atoms with Gasteiger partial charge in [-0.3, -0.25) is 9.59 Å². The number of nitrogens with zero attached hydrogens (tertiary/aromatic N) is 3. The molecule has 0 fully saturated rings. The zero-order chi connectivity index (χ0) is 20.5. The van der Waals surface area contributed by atoms with E-state index in [-0.39, 0.29) is 11.8 Å². The number of hydrogen-bond acceptors (Lipinski definition) is 4. The van der Waals surface area contributed by atoms with E-state index in [0.29, 0.717) is 11.2 Å². The highest BCUT2D eigenvalue weighted by molar-refractivity contribution is 6.00. The molecule has 0 aliphatic heterocycles. The summed E-state index contributed by atoms with van der Waals surface area (Å²) in [6.07, 6.45) is 2.96. The molecule has 2 aromatic heterocycles. The average molecular weight is 380 g/mol. The molecule has 3 rings (SSSR count). The van der Waals surface area contributed by atoms with Crippen LogP contribution in [0.5, 0.6) is 0 Å². The molecule has 0 saturated carbocycles. The lowest BCUT2D eigenvalue weighted by atomic mass is 9.86. The maximum atomic E-state index is 12.8. The number of aromatic nitrogens is 3. The largest absolute Gasteiger partial charge is 0.481 e. The van der Waals surface area contributed by atoms with Gasteiger partial charge in [0.25, 0.3) is 5.91 Å². The molecule has 0 aliphatic rings. The molecule has 0 saturated heterocycles. The minimum atomic E-state index is -0.987. The fourth-order valence-corrected chi connectivity index (χ4v) is 3.00. The summed E-state index contributed by atoms with van der Waals surface area (Å²) in [6.45, 7) is 8.16. The maximum absolute atomic E-state index is 12.8. The van der Waals surface area contributed by atoms with E-state index in [4.69, 9.17) is 0 Å². The number of fused-ring (bicyclic) bond motifs is 1. The summed E-state index contributed by atoms with van der Waals surface area (Å²) in [5, 5.41) is 16.3. The Morgan fingerprint density at radius 3 is 2.46 bits per heavy atom. The van der Waals surface area contributed by atoms with Gasteiger partial charge in [0.05, 0.1) is 18.7 Å². The number of hydrogen-bond donors (Lipinski definition) is 2. The highest BCUT2D eigenvalue weighted by Crippen LogP contribution is 2.25. The molecule has 0 bridgehead atoms. The number of carboxylic acids is 1. The Balaban J connectivity index is 1.88. The minimum absolute atomic E-state index is 0.00923. The number of amides is 1. The molecule has 1 unspecified atom stereocenters. The Bertz CT molecular complexity index is 1020. The third-order valence-corrected chi connectivity index (χ3v) is 4.62. The molecule has 28 heavy (non-hydrogen) atoms. The monoisotopic (exact) mass is 380 g/mol. The van der Waals surface area contributed by atoms with E-state index in [1.807, 2.05) is 31.2 Å². The van der Waals surface area contributed by atoms with Gasteiger partial charge < -0.3 is 10.4 Å². The molecular formula is C21H24N4O3. The van der Waals surface area contributed by atoms with Crippen molar-refractivity contribution < 1.29 is 14.7 Å². The average Bonchev–Trinajstić information content (AvgIpc) is 3.03. The molecule has 1 atom stereocenters. The summed E-state index contributed by atoms with van der Waals surface area (Å²) >= 11 is 0. The first-order chi connectivity index (χ1) is 13.1. The first-order valence-electron chi connectivity index (χ1n) is 9.09. The van der Waals surface area contributed by atoms with E-state index in [1.54, 1.807) is 12.3 Å². The summed E-state index contributed by atoms with van der Waals surface area (Å²) in [7, 11) is 0. The first kappa shape index (κ1) is 19.5. The normalized spacial score (nSPS) is 12.7. The van der Waals surface area contributed by atoms with Crippen LogP contribution in [-0.2, 0) is 10.2 Å². The number of rotatable bonds is 5. The number of carbonyl (C=O) groups is 2. The quantitative estimate of drug-likeness (QED) is 0.708. The van der Waals surface area contributed by atoms with Crippen molar-refractivity contribution in [2.75, 3.05) is 0 Å². The number of carboxylic acid groups (broad SMARTS) is 1. The van der Waals surface area contributed by atoms with Crippen LogP contribution in [0.4, 0.5) is 0 Å². The van der Waals surface area contributed by atoms with E-state index < -0.39 is 17.9 Å². The van der Waals surface area contributed by atoms with Crippen LogP contribution in [0.3, 0.4) is 0 Å². The number of benzene rings is 1. The third kappa shape index (κ3) is 4.19. The van der Waals surface area contributed by atoms with Crippen molar-refractivity contribution in [1.29, 1.82) is 0 Å². The Labute approximate surface area is 163 Å². The van der Waals surface area contributed by atoms with Crippen LogP contribution >= 0.6 is 0 Å². The Hall–Kier alpha value is -3.22. The lowest BCUT2D eigenvalue weighted by Gasteiger charge is -2.21. The predicted octanol–water partition coefficient (Wildman–Crippen LogP) is 3.28. The summed E-state index contributed by atoms with van der Waals surface area (Å²) in [5.74, 6) is -1.39. The van der Waals surface area contributed by atoms with Crippen molar-refractivity contribution in [1.82, 2.24) is 19.9 Å². The van der Waals surface area contributed by atoms with Crippen molar-refractivity contribution in [3.8, 4) is 0 Å². The van der Waals surface area contributed by atoms with Crippen molar-refractivity contribution in [3.63, 3.8) is 0 Å². The second-order valence-corrected chi connectivity index (χ2v) is 7.89. The smallest absolute Gasteiger partial charge is 0.305 e. The van der Waals surface area contributed by atoms with Gasteiger partial charge >= 0.3 is 5.97 Å². The van der Waals surface area contributed by atoms with E-state index in [0.717, 1.165) is 16.8 Å². The van der Waals surface area contributed by atoms with Crippen molar-refractivity contribution in [2.24, 2.45) is 0 Å². The first-order valence-corrected chi connectivity index (χ1v) is 9.09. The maximum Gasteiger partial charge on any atom is 0.305 e. The molecule has 7 heteroatoms. The lowest BCUT2D eigenvalue weighted by Crippen LogP contribution is -2.30. The van der Waals surface area contributed by atoms with Gasteiger partial charge in [-0.15, -0.1) is 0 Å². The Kier molecular flexibility index (Phi) is 5.18. The molecule has 2 heterocycles. The Morgan fingerprint density at radius 1 is 1.18 bits per heavy atom.